The Bertz CT molecular complexity index is 912. The monoisotopic (exact) mass is 317 g/mol. The standard InChI is InChI=1S/C20H16FN3/c21-18-12-8-16(9-13-18)5-4-15-6-10-17(11-7-15)20-23-22-19-3-1-2-14-24(19)20/h6-13H,1-3,14H2. The Morgan fingerprint density at radius 1 is 0.833 bits per heavy atom. The molecular formula is C20H16FN3. The highest BCUT2D eigenvalue weighted by Crippen LogP contribution is 2.23. The number of halogens is 1. The first-order valence-corrected chi connectivity index (χ1v) is 8.10. The van der Waals surface area contributed by atoms with Gasteiger partial charge in [0.2, 0.25) is 0 Å². The van der Waals surface area contributed by atoms with Crippen molar-refractivity contribution in [3.05, 3.63) is 71.3 Å². The molecule has 1 aliphatic heterocycles. The summed E-state index contributed by atoms with van der Waals surface area (Å²) < 4.78 is 15.1. The molecule has 0 N–H and O–H groups in total. The summed E-state index contributed by atoms with van der Waals surface area (Å²) in [7, 11) is 0. The van der Waals surface area contributed by atoms with E-state index in [0.717, 1.165) is 41.3 Å². The first-order chi connectivity index (χ1) is 11.8. The van der Waals surface area contributed by atoms with E-state index in [2.05, 4.69) is 26.6 Å². The van der Waals surface area contributed by atoms with Crippen molar-refractivity contribution in [2.75, 3.05) is 0 Å². The van der Waals surface area contributed by atoms with Gasteiger partial charge in [0.15, 0.2) is 5.82 Å². The van der Waals surface area contributed by atoms with Crippen LogP contribution in [0, 0.1) is 17.7 Å². The summed E-state index contributed by atoms with van der Waals surface area (Å²) in [5.41, 5.74) is 2.77. The third-order valence-electron chi connectivity index (χ3n) is 4.20. The van der Waals surface area contributed by atoms with Crippen LogP contribution in [-0.2, 0) is 13.0 Å². The van der Waals surface area contributed by atoms with Gasteiger partial charge in [-0.3, -0.25) is 0 Å². The van der Waals surface area contributed by atoms with E-state index in [4.69, 9.17) is 0 Å². The fourth-order valence-corrected chi connectivity index (χ4v) is 2.90. The molecule has 0 amide bonds. The quantitative estimate of drug-likeness (QED) is 0.639. The molecule has 24 heavy (non-hydrogen) atoms. The van der Waals surface area contributed by atoms with Gasteiger partial charge in [0.05, 0.1) is 0 Å². The molecule has 0 atom stereocenters. The second kappa shape index (κ2) is 6.29. The van der Waals surface area contributed by atoms with Crippen molar-refractivity contribution >= 4 is 0 Å². The summed E-state index contributed by atoms with van der Waals surface area (Å²) in [5, 5.41) is 8.63. The zero-order valence-electron chi connectivity index (χ0n) is 13.2. The fourth-order valence-electron chi connectivity index (χ4n) is 2.90. The minimum Gasteiger partial charge on any atom is -0.311 e. The van der Waals surface area contributed by atoms with Crippen molar-refractivity contribution in [2.24, 2.45) is 0 Å². The molecule has 0 bridgehead atoms. The van der Waals surface area contributed by atoms with Crippen LogP contribution in [0.1, 0.15) is 29.8 Å². The fraction of sp³-hybridized carbons (Fsp3) is 0.200. The molecule has 3 nitrogen and oxygen atoms in total. The maximum atomic E-state index is 12.9. The van der Waals surface area contributed by atoms with Gasteiger partial charge in [-0.05, 0) is 61.4 Å². The summed E-state index contributed by atoms with van der Waals surface area (Å²) in [4.78, 5) is 0. The van der Waals surface area contributed by atoms with Gasteiger partial charge in [0.1, 0.15) is 11.6 Å². The van der Waals surface area contributed by atoms with E-state index < -0.39 is 0 Å². The van der Waals surface area contributed by atoms with Crippen molar-refractivity contribution in [2.45, 2.75) is 25.8 Å². The lowest BCUT2D eigenvalue weighted by Crippen LogP contribution is -2.11. The van der Waals surface area contributed by atoms with Crippen LogP contribution >= 0.6 is 0 Å². The topological polar surface area (TPSA) is 30.7 Å². The van der Waals surface area contributed by atoms with Crippen molar-refractivity contribution in [3.63, 3.8) is 0 Å². The van der Waals surface area contributed by atoms with Gasteiger partial charge in [-0.2, -0.15) is 0 Å². The van der Waals surface area contributed by atoms with Gasteiger partial charge in [-0.25, -0.2) is 4.39 Å². The first kappa shape index (κ1) is 14.6. The van der Waals surface area contributed by atoms with Crippen LogP contribution in [0.15, 0.2) is 48.5 Å². The Hall–Kier alpha value is -2.93. The number of hydrogen-bond acceptors (Lipinski definition) is 2. The van der Waals surface area contributed by atoms with E-state index in [1.54, 1.807) is 12.1 Å². The number of benzene rings is 2. The molecule has 4 rings (SSSR count). The van der Waals surface area contributed by atoms with E-state index in [0.29, 0.717) is 0 Å². The summed E-state index contributed by atoms with van der Waals surface area (Å²) in [5.74, 6) is 7.91. The average molecular weight is 317 g/mol. The number of hydrogen-bond donors (Lipinski definition) is 0. The normalized spacial score (nSPS) is 13.0. The van der Waals surface area contributed by atoms with E-state index in [9.17, 15) is 4.39 Å². The lowest BCUT2D eigenvalue weighted by molar-refractivity contribution is 0.526. The molecule has 1 aliphatic rings. The third kappa shape index (κ3) is 2.93. The molecule has 4 heteroatoms. The summed E-state index contributed by atoms with van der Waals surface area (Å²) in [6, 6.07) is 14.2. The molecule has 0 radical (unpaired) electrons. The van der Waals surface area contributed by atoms with Crippen LogP contribution in [0.4, 0.5) is 4.39 Å². The van der Waals surface area contributed by atoms with Crippen molar-refractivity contribution in [1.82, 2.24) is 14.8 Å². The van der Waals surface area contributed by atoms with Crippen molar-refractivity contribution in [3.8, 4) is 23.2 Å². The van der Waals surface area contributed by atoms with E-state index in [-0.39, 0.29) is 5.82 Å². The van der Waals surface area contributed by atoms with Gasteiger partial charge in [0.25, 0.3) is 0 Å². The minimum absolute atomic E-state index is 0.249. The average Bonchev–Trinajstić information content (AvgIpc) is 3.06. The van der Waals surface area contributed by atoms with Crippen LogP contribution in [0.5, 0.6) is 0 Å². The molecule has 0 unspecified atom stereocenters. The van der Waals surface area contributed by atoms with Crippen LogP contribution in [0.25, 0.3) is 11.4 Å². The zero-order chi connectivity index (χ0) is 16.4. The highest BCUT2D eigenvalue weighted by Gasteiger charge is 2.16. The molecule has 0 aliphatic carbocycles. The Morgan fingerprint density at radius 2 is 1.50 bits per heavy atom. The molecule has 0 saturated carbocycles. The molecule has 1 aromatic heterocycles. The van der Waals surface area contributed by atoms with Crippen LogP contribution in [0.3, 0.4) is 0 Å². The van der Waals surface area contributed by atoms with Gasteiger partial charge in [-0.1, -0.05) is 11.8 Å². The second-order valence-electron chi connectivity index (χ2n) is 5.88. The first-order valence-electron chi connectivity index (χ1n) is 8.10. The van der Waals surface area contributed by atoms with Gasteiger partial charge in [-0.15, -0.1) is 10.2 Å². The molecule has 3 aromatic rings. The smallest absolute Gasteiger partial charge is 0.163 e. The van der Waals surface area contributed by atoms with Gasteiger partial charge >= 0.3 is 0 Å². The minimum atomic E-state index is -0.249. The SMILES string of the molecule is Fc1ccc(C#Cc2ccc(-c3nnc4n3CCCC4)cc2)cc1. The predicted molar refractivity (Wildman–Crippen MR) is 90.8 cm³/mol. The van der Waals surface area contributed by atoms with E-state index in [1.807, 2.05) is 24.3 Å². The van der Waals surface area contributed by atoms with Crippen molar-refractivity contribution in [1.29, 1.82) is 0 Å². The largest absolute Gasteiger partial charge is 0.311 e. The van der Waals surface area contributed by atoms with Gasteiger partial charge in [0, 0.05) is 29.7 Å². The number of aryl methyl sites for hydroxylation is 1. The van der Waals surface area contributed by atoms with Crippen LogP contribution in [-0.4, -0.2) is 14.8 Å². The van der Waals surface area contributed by atoms with Crippen LogP contribution < -0.4 is 0 Å². The van der Waals surface area contributed by atoms with E-state index >= 15 is 0 Å². The summed E-state index contributed by atoms with van der Waals surface area (Å²) >= 11 is 0. The number of fused-ring (bicyclic) bond motifs is 1. The molecule has 0 fully saturated rings. The Balaban J connectivity index is 1.57. The lowest BCUT2D eigenvalue weighted by Gasteiger charge is -2.14. The third-order valence-corrected chi connectivity index (χ3v) is 4.20. The maximum absolute atomic E-state index is 12.9. The van der Waals surface area contributed by atoms with Crippen molar-refractivity contribution < 1.29 is 4.39 Å². The Kier molecular flexibility index (Phi) is 3.84. The zero-order valence-corrected chi connectivity index (χ0v) is 13.2. The predicted octanol–water partition coefficient (Wildman–Crippen LogP) is 3.82. The van der Waals surface area contributed by atoms with Crippen LogP contribution in [0.2, 0.25) is 0 Å². The number of nitrogens with zero attached hydrogens (tertiary/aromatic N) is 3. The lowest BCUT2D eigenvalue weighted by atomic mass is 10.1. The second-order valence-corrected chi connectivity index (χ2v) is 5.88. The Labute approximate surface area is 140 Å². The number of rotatable bonds is 1. The highest BCUT2D eigenvalue weighted by atomic mass is 19.1. The Morgan fingerprint density at radius 3 is 2.21 bits per heavy atom. The molecule has 0 spiro atoms. The molecule has 2 heterocycles. The van der Waals surface area contributed by atoms with E-state index in [1.165, 1.54) is 25.0 Å². The molecular weight excluding hydrogens is 301 g/mol. The van der Waals surface area contributed by atoms with Gasteiger partial charge < -0.3 is 4.57 Å². The molecule has 118 valence electrons. The number of aromatic nitrogens is 3. The highest BCUT2D eigenvalue weighted by molar-refractivity contribution is 5.58. The molecule has 2 aromatic carbocycles. The molecule has 0 saturated heterocycles. The summed E-state index contributed by atoms with van der Waals surface area (Å²) in [6.07, 6.45) is 3.38. The maximum Gasteiger partial charge on any atom is 0.163 e. The summed E-state index contributed by atoms with van der Waals surface area (Å²) in [6.45, 7) is 0.990.